The smallest absolute Gasteiger partial charge is 0.251 e. The standard InChI is InChI=1S/C25H27N5O2/c1-17-27-22-8-7-20(13-24(22)28-17)25(31)26-15-18-9-11-30(12-10-18)16-21-14-23(29-32-21)19-5-3-2-4-6-19/h2-8,13-14,18H,9-12,15-16H2,1H3,(H,26,31)(H,27,28). The van der Waals surface area contributed by atoms with Crippen LogP contribution in [0.4, 0.5) is 0 Å². The molecule has 32 heavy (non-hydrogen) atoms. The van der Waals surface area contributed by atoms with Crippen molar-refractivity contribution in [1.82, 2.24) is 25.3 Å². The van der Waals surface area contributed by atoms with Gasteiger partial charge in [-0.15, -0.1) is 0 Å². The highest BCUT2D eigenvalue weighted by Crippen LogP contribution is 2.22. The Labute approximate surface area is 186 Å². The Morgan fingerprint density at radius 3 is 2.78 bits per heavy atom. The van der Waals surface area contributed by atoms with Gasteiger partial charge in [-0.05, 0) is 57.0 Å². The van der Waals surface area contributed by atoms with E-state index in [9.17, 15) is 4.79 Å². The fourth-order valence-electron chi connectivity index (χ4n) is 4.32. The van der Waals surface area contributed by atoms with Crippen molar-refractivity contribution in [3.05, 3.63) is 71.7 Å². The number of fused-ring (bicyclic) bond motifs is 1. The molecule has 0 aliphatic carbocycles. The maximum atomic E-state index is 12.6. The van der Waals surface area contributed by atoms with Gasteiger partial charge in [-0.25, -0.2) is 4.98 Å². The van der Waals surface area contributed by atoms with E-state index in [0.29, 0.717) is 18.0 Å². The largest absolute Gasteiger partial charge is 0.359 e. The molecule has 0 spiro atoms. The number of carbonyl (C=O) groups excluding carboxylic acids is 1. The van der Waals surface area contributed by atoms with Gasteiger partial charge in [0.1, 0.15) is 11.5 Å². The lowest BCUT2D eigenvalue weighted by Gasteiger charge is -2.31. The predicted molar refractivity (Wildman–Crippen MR) is 123 cm³/mol. The van der Waals surface area contributed by atoms with Crippen LogP contribution >= 0.6 is 0 Å². The van der Waals surface area contributed by atoms with E-state index in [1.807, 2.05) is 61.5 Å². The highest BCUT2D eigenvalue weighted by Gasteiger charge is 2.21. The molecular weight excluding hydrogens is 402 g/mol. The first-order valence-electron chi connectivity index (χ1n) is 11.1. The summed E-state index contributed by atoms with van der Waals surface area (Å²) < 4.78 is 5.55. The van der Waals surface area contributed by atoms with Crippen LogP contribution in [0, 0.1) is 12.8 Å². The van der Waals surface area contributed by atoms with Crippen LogP contribution in [-0.2, 0) is 6.54 Å². The topological polar surface area (TPSA) is 87.1 Å². The molecule has 4 aromatic rings. The number of aromatic amines is 1. The first kappa shape index (κ1) is 20.5. The molecule has 0 unspecified atom stereocenters. The van der Waals surface area contributed by atoms with Gasteiger partial charge in [0.05, 0.1) is 17.6 Å². The number of carbonyl (C=O) groups is 1. The average molecular weight is 430 g/mol. The summed E-state index contributed by atoms with van der Waals surface area (Å²) in [6.45, 7) is 5.36. The Morgan fingerprint density at radius 2 is 1.97 bits per heavy atom. The van der Waals surface area contributed by atoms with Gasteiger partial charge in [-0.1, -0.05) is 35.5 Å². The van der Waals surface area contributed by atoms with Crippen LogP contribution in [0.2, 0.25) is 0 Å². The van der Waals surface area contributed by atoms with E-state index in [1.165, 1.54) is 0 Å². The van der Waals surface area contributed by atoms with E-state index in [1.54, 1.807) is 0 Å². The van der Waals surface area contributed by atoms with E-state index in [0.717, 1.165) is 66.4 Å². The molecule has 0 bridgehead atoms. The Kier molecular flexibility index (Phi) is 5.73. The number of likely N-dealkylation sites (tertiary alicyclic amines) is 1. The second-order valence-electron chi connectivity index (χ2n) is 8.53. The number of imidazole rings is 1. The minimum absolute atomic E-state index is 0.0308. The van der Waals surface area contributed by atoms with Gasteiger partial charge >= 0.3 is 0 Å². The number of aromatic nitrogens is 3. The van der Waals surface area contributed by atoms with Gasteiger partial charge in [0.25, 0.3) is 5.91 Å². The third kappa shape index (κ3) is 4.57. The van der Waals surface area contributed by atoms with Crippen LogP contribution in [0.3, 0.4) is 0 Å². The SMILES string of the molecule is Cc1nc2ccc(C(=O)NCC3CCN(Cc4cc(-c5ccccc5)no4)CC3)cc2[nH]1. The van der Waals surface area contributed by atoms with Crippen LogP contribution in [0.1, 0.15) is 34.8 Å². The number of aryl methyl sites for hydroxylation is 1. The van der Waals surface area contributed by atoms with Crippen molar-refractivity contribution >= 4 is 16.9 Å². The minimum atomic E-state index is -0.0308. The Morgan fingerprint density at radius 1 is 1.16 bits per heavy atom. The molecule has 1 amide bonds. The number of hydrogen-bond acceptors (Lipinski definition) is 5. The maximum absolute atomic E-state index is 12.6. The summed E-state index contributed by atoms with van der Waals surface area (Å²) in [7, 11) is 0. The van der Waals surface area contributed by atoms with Crippen LogP contribution in [0.15, 0.2) is 59.1 Å². The summed E-state index contributed by atoms with van der Waals surface area (Å²) in [5.41, 5.74) is 4.39. The monoisotopic (exact) mass is 429 g/mol. The lowest BCUT2D eigenvalue weighted by Crippen LogP contribution is -2.38. The maximum Gasteiger partial charge on any atom is 0.251 e. The number of H-pyrrole nitrogens is 1. The zero-order valence-electron chi connectivity index (χ0n) is 18.2. The Bertz CT molecular complexity index is 1210. The molecular formula is C25H27N5O2. The number of amides is 1. The normalized spacial score (nSPS) is 15.3. The van der Waals surface area contributed by atoms with Gasteiger partial charge in [0, 0.05) is 23.7 Å². The van der Waals surface area contributed by atoms with Crippen LogP contribution < -0.4 is 5.32 Å². The van der Waals surface area contributed by atoms with Crippen molar-refractivity contribution in [1.29, 1.82) is 0 Å². The number of nitrogens with one attached hydrogen (secondary N) is 2. The van der Waals surface area contributed by atoms with Gasteiger partial charge in [0.2, 0.25) is 0 Å². The van der Waals surface area contributed by atoms with Crippen molar-refractivity contribution < 1.29 is 9.32 Å². The van der Waals surface area contributed by atoms with Gasteiger partial charge in [-0.3, -0.25) is 9.69 Å². The fraction of sp³-hybridized carbons (Fsp3) is 0.320. The molecule has 0 radical (unpaired) electrons. The van der Waals surface area contributed by atoms with E-state index >= 15 is 0 Å². The third-order valence-corrected chi connectivity index (χ3v) is 6.13. The molecule has 0 saturated carbocycles. The quantitative estimate of drug-likeness (QED) is 0.480. The van der Waals surface area contributed by atoms with Crippen molar-refractivity contribution in [2.24, 2.45) is 5.92 Å². The second-order valence-corrected chi connectivity index (χ2v) is 8.53. The van der Waals surface area contributed by atoms with E-state index < -0.39 is 0 Å². The molecule has 1 aliphatic heterocycles. The van der Waals surface area contributed by atoms with Crippen LogP contribution in [-0.4, -0.2) is 45.6 Å². The fourth-order valence-corrected chi connectivity index (χ4v) is 4.32. The van der Waals surface area contributed by atoms with Gasteiger partial charge < -0.3 is 14.8 Å². The zero-order valence-corrected chi connectivity index (χ0v) is 18.2. The summed E-state index contributed by atoms with van der Waals surface area (Å²) in [5.74, 6) is 2.20. The molecule has 5 rings (SSSR count). The summed E-state index contributed by atoms with van der Waals surface area (Å²) in [6.07, 6.45) is 2.11. The highest BCUT2D eigenvalue weighted by atomic mass is 16.5. The predicted octanol–water partition coefficient (Wildman–Crippen LogP) is 4.17. The number of rotatable bonds is 6. The second kappa shape index (κ2) is 8.96. The van der Waals surface area contributed by atoms with Crippen molar-refractivity contribution in [3.8, 4) is 11.3 Å². The molecule has 1 aliphatic rings. The first-order chi connectivity index (χ1) is 15.6. The minimum Gasteiger partial charge on any atom is -0.359 e. The third-order valence-electron chi connectivity index (χ3n) is 6.13. The summed E-state index contributed by atoms with van der Waals surface area (Å²) in [4.78, 5) is 22.5. The molecule has 0 atom stereocenters. The number of piperidine rings is 1. The van der Waals surface area contributed by atoms with Crippen molar-refractivity contribution in [2.75, 3.05) is 19.6 Å². The van der Waals surface area contributed by atoms with Gasteiger partial charge in [-0.2, -0.15) is 0 Å². The zero-order chi connectivity index (χ0) is 21.9. The molecule has 7 heteroatoms. The summed E-state index contributed by atoms with van der Waals surface area (Å²) in [6, 6.07) is 17.7. The Balaban J connectivity index is 1.09. The number of hydrogen-bond donors (Lipinski definition) is 2. The van der Waals surface area contributed by atoms with E-state index in [-0.39, 0.29) is 5.91 Å². The molecule has 7 nitrogen and oxygen atoms in total. The molecule has 3 heterocycles. The van der Waals surface area contributed by atoms with Gasteiger partial charge in [0.15, 0.2) is 5.76 Å². The molecule has 164 valence electrons. The number of benzene rings is 2. The molecule has 1 fully saturated rings. The molecule has 2 N–H and O–H groups in total. The first-order valence-corrected chi connectivity index (χ1v) is 11.1. The summed E-state index contributed by atoms with van der Waals surface area (Å²) >= 11 is 0. The lowest BCUT2D eigenvalue weighted by molar-refractivity contribution is 0.0934. The molecule has 1 saturated heterocycles. The molecule has 2 aromatic carbocycles. The lowest BCUT2D eigenvalue weighted by atomic mass is 9.96. The number of nitrogens with zero attached hydrogens (tertiary/aromatic N) is 3. The van der Waals surface area contributed by atoms with Crippen molar-refractivity contribution in [3.63, 3.8) is 0 Å². The average Bonchev–Trinajstić information content (AvgIpc) is 3.44. The van der Waals surface area contributed by atoms with Crippen molar-refractivity contribution in [2.45, 2.75) is 26.3 Å². The highest BCUT2D eigenvalue weighted by molar-refractivity contribution is 5.97. The Hall–Kier alpha value is -3.45. The van der Waals surface area contributed by atoms with Crippen LogP contribution in [0.5, 0.6) is 0 Å². The van der Waals surface area contributed by atoms with E-state index in [4.69, 9.17) is 4.52 Å². The van der Waals surface area contributed by atoms with Crippen LogP contribution in [0.25, 0.3) is 22.3 Å². The van der Waals surface area contributed by atoms with E-state index in [2.05, 4.69) is 25.3 Å². The molecule has 2 aromatic heterocycles. The summed E-state index contributed by atoms with van der Waals surface area (Å²) in [5, 5.41) is 7.32.